The zero-order valence-electron chi connectivity index (χ0n) is 14.0. The lowest BCUT2D eigenvalue weighted by Gasteiger charge is -2.06. The molecule has 1 N–H and O–H groups in total. The molecule has 0 fully saturated rings. The van der Waals surface area contributed by atoms with Crippen LogP contribution in [0.5, 0.6) is 0 Å². The molecule has 0 aliphatic rings. The Morgan fingerprint density at radius 1 is 1.12 bits per heavy atom. The zero-order chi connectivity index (χ0) is 17.8. The average Bonchev–Trinajstić information content (AvgIpc) is 3.03. The van der Waals surface area contributed by atoms with Crippen LogP contribution in [-0.2, 0) is 11.2 Å². The maximum atomic E-state index is 12.1. The van der Waals surface area contributed by atoms with Crippen molar-refractivity contribution in [3.05, 3.63) is 64.7 Å². The molecule has 3 aromatic rings. The number of carbonyl (C=O) groups excluding carboxylic acids is 1. The minimum atomic E-state index is -0.216. The number of carbonyl (C=O) groups is 1. The van der Waals surface area contributed by atoms with Crippen LogP contribution in [-0.4, -0.2) is 16.1 Å². The molecule has 0 spiro atoms. The summed E-state index contributed by atoms with van der Waals surface area (Å²) in [6.45, 7) is 4.27. The molecule has 3 rings (SSSR count). The van der Waals surface area contributed by atoms with E-state index >= 15 is 0 Å². The van der Waals surface area contributed by atoms with Crippen molar-refractivity contribution in [1.82, 2.24) is 10.2 Å². The lowest BCUT2D eigenvalue weighted by Crippen LogP contribution is -2.14. The maximum absolute atomic E-state index is 12.1. The number of halogens is 1. The van der Waals surface area contributed by atoms with Crippen LogP contribution in [0, 0.1) is 0 Å². The summed E-state index contributed by atoms with van der Waals surface area (Å²) in [5.41, 5.74) is 2.79. The predicted octanol–water partition coefficient (Wildman–Crippen LogP) is 4.69. The number of anilines is 1. The standard InChI is InChI=1S/C19H18ClN3O2/c1-12(2)14-9-7-13(8-10-14)11-17(24)21-19-23-22-18(25-19)15-5-3-4-6-16(15)20/h3-10,12H,11H2,1-2H3,(H,21,23,24). The fourth-order valence-corrected chi connectivity index (χ4v) is 2.60. The normalized spacial score (nSPS) is 10.9. The molecule has 1 amide bonds. The molecule has 0 atom stereocenters. The molecular weight excluding hydrogens is 338 g/mol. The lowest BCUT2D eigenvalue weighted by molar-refractivity contribution is -0.115. The lowest BCUT2D eigenvalue weighted by atomic mass is 10.0. The molecular formula is C19H18ClN3O2. The Bertz CT molecular complexity index is 872. The molecule has 6 heteroatoms. The Labute approximate surface area is 151 Å². The molecule has 0 saturated carbocycles. The Kier molecular flexibility index (Phi) is 5.14. The van der Waals surface area contributed by atoms with Gasteiger partial charge in [0.05, 0.1) is 17.0 Å². The Hall–Kier alpha value is -2.66. The topological polar surface area (TPSA) is 68.0 Å². The van der Waals surface area contributed by atoms with E-state index in [-0.39, 0.29) is 24.2 Å². The highest BCUT2D eigenvalue weighted by molar-refractivity contribution is 6.33. The van der Waals surface area contributed by atoms with Crippen molar-refractivity contribution in [3.63, 3.8) is 0 Å². The van der Waals surface area contributed by atoms with E-state index in [9.17, 15) is 4.79 Å². The summed E-state index contributed by atoms with van der Waals surface area (Å²) in [5, 5.41) is 10.9. The molecule has 2 aromatic carbocycles. The van der Waals surface area contributed by atoms with Gasteiger partial charge in [-0.2, -0.15) is 0 Å². The summed E-state index contributed by atoms with van der Waals surface area (Å²) >= 11 is 6.10. The van der Waals surface area contributed by atoms with E-state index in [1.165, 1.54) is 5.56 Å². The van der Waals surface area contributed by atoms with Crippen molar-refractivity contribution >= 4 is 23.5 Å². The number of hydrogen-bond acceptors (Lipinski definition) is 4. The highest BCUT2D eigenvalue weighted by Crippen LogP contribution is 2.27. The first-order valence-electron chi connectivity index (χ1n) is 8.00. The number of rotatable bonds is 5. The van der Waals surface area contributed by atoms with Crippen LogP contribution < -0.4 is 5.32 Å². The molecule has 128 valence electrons. The second kappa shape index (κ2) is 7.49. The molecule has 0 saturated heterocycles. The largest absolute Gasteiger partial charge is 0.403 e. The summed E-state index contributed by atoms with van der Waals surface area (Å²) in [6.07, 6.45) is 0.238. The number of amides is 1. The van der Waals surface area contributed by atoms with Crippen molar-refractivity contribution in [1.29, 1.82) is 0 Å². The first kappa shape index (κ1) is 17.2. The third kappa shape index (κ3) is 4.25. The monoisotopic (exact) mass is 355 g/mol. The quantitative estimate of drug-likeness (QED) is 0.720. The SMILES string of the molecule is CC(C)c1ccc(CC(=O)Nc2nnc(-c3ccccc3Cl)o2)cc1. The van der Waals surface area contributed by atoms with Crippen molar-refractivity contribution in [2.45, 2.75) is 26.2 Å². The van der Waals surface area contributed by atoms with Crippen molar-refractivity contribution < 1.29 is 9.21 Å². The predicted molar refractivity (Wildman–Crippen MR) is 97.6 cm³/mol. The smallest absolute Gasteiger partial charge is 0.322 e. The fraction of sp³-hybridized carbons (Fsp3) is 0.211. The number of hydrogen-bond donors (Lipinski definition) is 1. The number of nitrogens with zero attached hydrogens (tertiary/aromatic N) is 2. The van der Waals surface area contributed by atoms with Crippen LogP contribution in [0.15, 0.2) is 52.9 Å². The minimum Gasteiger partial charge on any atom is -0.403 e. The van der Waals surface area contributed by atoms with Gasteiger partial charge < -0.3 is 4.42 Å². The van der Waals surface area contributed by atoms with Crippen LogP contribution in [0.1, 0.15) is 30.9 Å². The van der Waals surface area contributed by atoms with Crippen LogP contribution in [0.25, 0.3) is 11.5 Å². The molecule has 0 unspecified atom stereocenters. The van der Waals surface area contributed by atoms with Gasteiger partial charge in [0, 0.05) is 0 Å². The van der Waals surface area contributed by atoms with Gasteiger partial charge in [0.1, 0.15) is 0 Å². The van der Waals surface area contributed by atoms with E-state index in [4.69, 9.17) is 16.0 Å². The first-order valence-corrected chi connectivity index (χ1v) is 8.38. The van der Waals surface area contributed by atoms with E-state index in [0.717, 1.165) is 5.56 Å². The third-order valence-corrected chi connectivity index (χ3v) is 4.12. The van der Waals surface area contributed by atoms with Gasteiger partial charge in [-0.1, -0.05) is 66.9 Å². The van der Waals surface area contributed by atoms with Gasteiger partial charge in [-0.05, 0) is 29.2 Å². The van der Waals surface area contributed by atoms with Gasteiger partial charge in [-0.3, -0.25) is 10.1 Å². The van der Waals surface area contributed by atoms with Gasteiger partial charge in [0.15, 0.2) is 0 Å². The van der Waals surface area contributed by atoms with Gasteiger partial charge in [-0.25, -0.2) is 0 Å². The van der Waals surface area contributed by atoms with Gasteiger partial charge in [0.2, 0.25) is 5.91 Å². The maximum Gasteiger partial charge on any atom is 0.322 e. The number of nitrogens with one attached hydrogen (secondary N) is 1. The average molecular weight is 356 g/mol. The molecule has 0 aliphatic carbocycles. The van der Waals surface area contributed by atoms with E-state index in [1.54, 1.807) is 12.1 Å². The van der Waals surface area contributed by atoms with E-state index in [2.05, 4.69) is 29.4 Å². The third-order valence-electron chi connectivity index (χ3n) is 3.79. The summed E-state index contributed by atoms with van der Waals surface area (Å²) < 4.78 is 5.47. The molecule has 1 heterocycles. The second-order valence-electron chi connectivity index (χ2n) is 6.01. The van der Waals surface area contributed by atoms with E-state index < -0.39 is 0 Å². The molecule has 1 aromatic heterocycles. The zero-order valence-corrected chi connectivity index (χ0v) is 14.7. The van der Waals surface area contributed by atoms with E-state index in [1.807, 2.05) is 36.4 Å². The first-order chi connectivity index (χ1) is 12.0. The number of aromatic nitrogens is 2. The Balaban J connectivity index is 1.65. The van der Waals surface area contributed by atoms with Crippen LogP contribution in [0.3, 0.4) is 0 Å². The van der Waals surface area contributed by atoms with E-state index in [0.29, 0.717) is 16.5 Å². The van der Waals surface area contributed by atoms with Gasteiger partial charge in [0.25, 0.3) is 5.89 Å². The highest BCUT2D eigenvalue weighted by atomic mass is 35.5. The highest BCUT2D eigenvalue weighted by Gasteiger charge is 2.13. The molecule has 0 aliphatic heterocycles. The van der Waals surface area contributed by atoms with Crippen LogP contribution in [0.4, 0.5) is 6.01 Å². The van der Waals surface area contributed by atoms with Crippen LogP contribution in [0.2, 0.25) is 5.02 Å². The van der Waals surface area contributed by atoms with Gasteiger partial charge in [-0.15, -0.1) is 5.10 Å². The van der Waals surface area contributed by atoms with Crippen molar-refractivity contribution in [2.75, 3.05) is 5.32 Å². The molecule has 0 radical (unpaired) electrons. The number of benzene rings is 2. The summed E-state index contributed by atoms with van der Waals surface area (Å²) in [4.78, 5) is 12.1. The summed E-state index contributed by atoms with van der Waals surface area (Å²) in [6, 6.07) is 15.2. The van der Waals surface area contributed by atoms with Crippen molar-refractivity contribution in [3.8, 4) is 11.5 Å². The second-order valence-corrected chi connectivity index (χ2v) is 6.42. The summed E-state index contributed by atoms with van der Waals surface area (Å²) in [7, 11) is 0. The fourth-order valence-electron chi connectivity index (χ4n) is 2.39. The Morgan fingerprint density at radius 3 is 2.52 bits per heavy atom. The molecule has 25 heavy (non-hydrogen) atoms. The van der Waals surface area contributed by atoms with Crippen molar-refractivity contribution in [2.24, 2.45) is 0 Å². The van der Waals surface area contributed by atoms with Gasteiger partial charge >= 0.3 is 6.01 Å². The summed E-state index contributed by atoms with van der Waals surface area (Å²) in [5.74, 6) is 0.512. The molecule has 0 bridgehead atoms. The Morgan fingerprint density at radius 2 is 1.84 bits per heavy atom. The molecule has 5 nitrogen and oxygen atoms in total. The minimum absolute atomic E-state index is 0.0544. The van der Waals surface area contributed by atoms with Crippen LogP contribution >= 0.6 is 11.6 Å².